The Morgan fingerprint density at radius 2 is 2.00 bits per heavy atom. The van der Waals surface area contributed by atoms with Crippen LogP contribution in [0, 0.1) is 0 Å². The molecule has 0 aromatic rings. The molecule has 3 heteroatoms. The van der Waals surface area contributed by atoms with Crippen molar-refractivity contribution in [2.24, 2.45) is 0 Å². The first-order valence-electron chi connectivity index (χ1n) is 2.29. The van der Waals surface area contributed by atoms with Crippen LogP contribution in [0.15, 0.2) is 0 Å². The van der Waals surface area contributed by atoms with Gasteiger partial charge < -0.3 is 0 Å². The van der Waals surface area contributed by atoms with Gasteiger partial charge in [-0.15, -0.1) is 0 Å². The number of carbonyl (C=O) groups is 2. The van der Waals surface area contributed by atoms with Gasteiger partial charge in [0.15, 0.2) is 0 Å². The van der Waals surface area contributed by atoms with E-state index in [1.807, 2.05) is 0 Å². The van der Waals surface area contributed by atoms with Gasteiger partial charge in [-0.25, -0.2) is 0 Å². The fourth-order valence-electron chi connectivity index (χ4n) is 0.334. The maximum Gasteiger partial charge on any atom is 0.149 e. The standard InChI is InChI=1S/C5H8O2S/c1-4(6)2-5(7)3-8/h8H,2-3H2,1H3. The number of ketones is 2. The second-order valence-corrected chi connectivity index (χ2v) is 1.89. The Hall–Kier alpha value is -0.310. The number of Topliss-reactive ketones (excluding diaryl/α,β-unsaturated/α-hetero) is 2. The van der Waals surface area contributed by atoms with Crippen LogP contribution < -0.4 is 0 Å². The fourth-order valence-corrected chi connectivity index (χ4v) is 0.445. The summed E-state index contributed by atoms with van der Waals surface area (Å²) in [6, 6.07) is 0. The van der Waals surface area contributed by atoms with Gasteiger partial charge in [0.2, 0.25) is 0 Å². The van der Waals surface area contributed by atoms with Crippen LogP contribution in [0.2, 0.25) is 0 Å². The molecule has 2 nitrogen and oxygen atoms in total. The minimum absolute atomic E-state index is 0.0312. The van der Waals surface area contributed by atoms with Crippen LogP contribution in [0.25, 0.3) is 0 Å². The van der Waals surface area contributed by atoms with Crippen LogP contribution in [-0.2, 0) is 9.59 Å². The molecule has 0 N–H and O–H groups in total. The summed E-state index contributed by atoms with van der Waals surface area (Å²) in [7, 11) is 0. The Kier molecular flexibility index (Phi) is 3.52. The van der Waals surface area contributed by atoms with Crippen LogP contribution in [0.1, 0.15) is 13.3 Å². The molecule has 0 bridgehead atoms. The molecule has 0 unspecified atom stereocenters. The molecule has 0 aromatic heterocycles. The van der Waals surface area contributed by atoms with Gasteiger partial charge in [0.1, 0.15) is 11.6 Å². The summed E-state index contributed by atoms with van der Waals surface area (Å²) in [5, 5.41) is 0. The van der Waals surface area contributed by atoms with E-state index in [0.717, 1.165) is 0 Å². The smallest absolute Gasteiger partial charge is 0.149 e. The Labute approximate surface area is 53.7 Å². The van der Waals surface area contributed by atoms with Gasteiger partial charge in [-0.3, -0.25) is 9.59 Å². The minimum Gasteiger partial charge on any atom is -0.300 e. The zero-order valence-corrected chi connectivity index (χ0v) is 5.57. The van der Waals surface area contributed by atoms with Crippen molar-refractivity contribution in [1.82, 2.24) is 0 Å². The van der Waals surface area contributed by atoms with Crippen molar-refractivity contribution in [3.05, 3.63) is 0 Å². The van der Waals surface area contributed by atoms with E-state index in [4.69, 9.17) is 0 Å². The molecule has 0 spiro atoms. The summed E-state index contributed by atoms with van der Waals surface area (Å²) in [6.45, 7) is 1.39. The molecule has 0 aromatic carbocycles. The Morgan fingerprint density at radius 1 is 1.50 bits per heavy atom. The Balaban J connectivity index is 3.40. The van der Waals surface area contributed by atoms with Gasteiger partial charge in [0.25, 0.3) is 0 Å². The van der Waals surface area contributed by atoms with Crippen LogP contribution >= 0.6 is 12.6 Å². The van der Waals surface area contributed by atoms with Crippen LogP contribution in [-0.4, -0.2) is 17.3 Å². The third-order valence-electron chi connectivity index (χ3n) is 0.622. The van der Waals surface area contributed by atoms with E-state index in [9.17, 15) is 9.59 Å². The summed E-state index contributed by atoms with van der Waals surface area (Å²) >= 11 is 3.69. The number of hydrogen-bond donors (Lipinski definition) is 1. The number of thiol groups is 1. The fraction of sp³-hybridized carbons (Fsp3) is 0.600. The molecule has 0 atom stereocenters. The number of rotatable bonds is 3. The van der Waals surface area contributed by atoms with Crippen LogP contribution in [0.4, 0.5) is 0 Å². The molecule has 0 saturated heterocycles. The van der Waals surface area contributed by atoms with Crippen molar-refractivity contribution in [3.63, 3.8) is 0 Å². The highest BCUT2D eigenvalue weighted by atomic mass is 32.1. The molecule has 0 radical (unpaired) electrons. The highest BCUT2D eigenvalue weighted by Crippen LogP contribution is 1.86. The SMILES string of the molecule is CC(=O)CC(=O)CS. The maximum absolute atomic E-state index is 10.3. The Bertz CT molecular complexity index is 109. The highest BCUT2D eigenvalue weighted by molar-refractivity contribution is 7.81. The first-order valence-corrected chi connectivity index (χ1v) is 2.92. The average Bonchev–Trinajstić information content (AvgIpc) is 1.65. The average molecular weight is 132 g/mol. The molecule has 0 aliphatic carbocycles. The van der Waals surface area contributed by atoms with Gasteiger partial charge in [-0.05, 0) is 6.92 Å². The molecule has 0 aliphatic heterocycles. The molecule has 0 rings (SSSR count). The highest BCUT2D eigenvalue weighted by Gasteiger charge is 2.00. The van der Waals surface area contributed by atoms with E-state index in [-0.39, 0.29) is 23.7 Å². The van der Waals surface area contributed by atoms with E-state index in [1.165, 1.54) is 6.92 Å². The van der Waals surface area contributed by atoms with E-state index in [0.29, 0.717) is 0 Å². The third kappa shape index (κ3) is 3.87. The summed E-state index contributed by atoms with van der Waals surface area (Å²) in [4.78, 5) is 20.5. The predicted molar refractivity (Wildman–Crippen MR) is 34.2 cm³/mol. The van der Waals surface area contributed by atoms with E-state index < -0.39 is 0 Å². The molecule has 8 heavy (non-hydrogen) atoms. The first kappa shape index (κ1) is 7.69. The quantitative estimate of drug-likeness (QED) is 0.447. The number of hydrogen-bond acceptors (Lipinski definition) is 3. The van der Waals surface area contributed by atoms with Gasteiger partial charge in [0, 0.05) is 5.75 Å². The summed E-state index contributed by atoms with van der Waals surface area (Å²) in [6.07, 6.45) is 0.0312. The molecule has 0 aliphatic rings. The summed E-state index contributed by atoms with van der Waals surface area (Å²) < 4.78 is 0. The lowest BCUT2D eigenvalue weighted by Crippen LogP contribution is -2.04. The number of carbonyl (C=O) groups excluding carboxylic acids is 2. The van der Waals surface area contributed by atoms with Crippen molar-refractivity contribution in [2.45, 2.75) is 13.3 Å². The zero-order valence-electron chi connectivity index (χ0n) is 4.68. The minimum atomic E-state index is -0.110. The van der Waals surface area contributed by atoms with Crippen molar-refractivity contribution < 1.29 is 9.59 Å². The topological polar surface area (TPSA) is 34.1 Å². The van der Waals surface area contributed by atoms with E-state index in [1.54, 1.807) is 0 Å². The molecule has 0 fully saturated rings. The van der Waals surface area contributed by atoms with Crippen LogP contribution in [0.3, 0.4) is 0 Å². The van der Waals surface area contributed by atoms with Crippen molar-refractivity contribution in [2.75, 3.05) is 5.75 Å². The van der Waals surface area contributed by atoms with Gasteiger partial charge in [0.05, 0.1) is 6.42 Å². The van der Waals surface area contributed by atoms with Gasteiger partial charge in [-0.1, -0.05) is 0 Å². The molecular formula is C5H8O2S. The van der Waals surface area contributed by atoms with Crippen LogP contribution in [0.5, 0.6) is 0 Å². The molecule has 0 heterocycles. The van der Waals surface area contributed by atoms with Crippen molar-refractivity contribution in [3.8, 4) is 0 Å². The normalized spacial score (nSPS) is 8.75. The second-order valence-electron chi connectivity index (χ2n) is 1.58. The summed E-state index contributed by atoms with van der Waals surface area (Å²) in [5.74, 6) is -0.0376. The summed E-state index contributed by atoms with van der Waals surface area (Å²) in [5.41, 5.74) is 0. The Morgan fingerprint density at radius 3 is 2.12 bits per heavy atom. The van der Waals surface area contributed by atoms with E-state index >= 15 is 0 Å². The monoisotopic (exact) mass is 132 g/mol. The first-order chi connectivity index (χ1) is 3.66. The zero-order chi connectivity index (χ0) is 6.57. The molecule has 46 valence electrons. The lowest BCUT2D eigenvalue weighted by Gasteiger charge is -1.87. The van der Waals surface area contributed by atoms with Gasteiger partial charge >= 0.3 is 0 Å². The lowest BCUT2D eigenvalue weighted by molar-refractivity contribution is -0.124. The molecular weight excluding hydrogens is 124 g/mol. The lowest BCUT2D eigenvalue weighted by atomic mass is 10.2. The largest absolute Gasteiger partial charge is 0.300 e. The van der Waals surface area contributed by atoms with Crippen molar-refractivity contribution in [1.29, 1.82) is 0 Å². The van der Waals surface area contributed by atoms with Gasteiger partial charge in [-0.2, -0.15) is 12.6 Å². The van der Waals surface area contributed by atoms with E-state index in [2.05, 4.69) is 12.6 Å². The third-order valence-corrected chi connectivity index (χ3v) is 0.975. The predicted octanol–water partition coefficient (Wildman–Crippen LogP) is 0.464. The van der Waals surface area contributed by atoms with Crippen molar-refractivity contribution >= 4 is 24.2 Å². The second kappa shape index (κ2) is 3.66. The molecule has 0 amide bonds. The maximum atomic E-state index is 10.3. The molecule has 0 saturated carbocycles.